The lowest BCUT2D eigenvalue weighted by molar-refractivity contribution is 0.0997. The number of sulfonamides is 1. The van der Waals surface area contributed by atoms with Crippen LogP contribution >= 0.6 is 0 Å². The quantitative estimate of drug-likeness (QED) is 0.810. The average Bonchev–Trinajstić information content (AvgIpc) is 2.37. The molecule has 106 valence electrons. The predicted molar refractivity (Wildman–Crippen MR) is 71.6 cm³/mol. The first-order chi connectivity index (χ1) is 8.81. The number of ether oxygens (including phenoxy) is 1. The maximum atomic E-state index is 12.1. The maximum Gasteiger partial charge on any atom is 0.252 e. The molecule has 6 nitrogen and oxygen atoms in total. The minimum atomic E-state index is -3.67. The molecule has 0 aliphatic carbocycles. The number of carbonyl (C=O) groups excluding carboxylic acids is 1. The van der Waals surface area contributed by atoms with E-state index in [1.165, 1.54) is 25.3 Å². The lowest BCUT2D eigenvalue weighted by atomic mass is 10.2. The predicted octanol–water partition coefficient (Wildman–Crippen LogP) is 0.871. The molecule has 0 radical (unpaired) electrons. The second-order valence-corrected chi connectivity index (χ2v) is 5.87. The molecule has 3 N–H and O–H groups in total. The first kappa shape index (κ1) is 15.5. The first-order valence-corrected chi connectivity index (χ1v) is 7.30. The summed E-state index contributed by atoms with van der Waals surface area (Å²) in [5.74, 6) is -0.493. The summed E-state index contributed by atoms with van der Waals surface area (Å²) in [7, 11) is -2.28. The maximum absolute atomic E-state index is 12.1. The van der Waals surface area contributed by atoms with E-state index in [-0.39, 0.29) is 22.3 Å². The normalized spacial score (nSPS) is 13.0. The molecule has 0 aliphatic rings. The molecule has 0 fully saturated rings. The second-order valence-electron chi connectivity index (χ2n) is 4.16. The fourth-order valence-electron chi connectivity index (χ4n) is 1.46. The molecule has 7 heteroatoms. The van der Waals surface area contributed by atoms with Gasteiger partial charge in [0.25, 0.3) is 5.91 Å². The third-order valence-corrected chi connectivity index (χ3v) is 4.30. The first-order valence-electron chi connectivity index (χ1n) is 5.82. The average molecular weight is 286 g/mol. The summed E-state index contributed by atoms with van der Waals surface area (Å²) in [4.78, 5) is 11.3. The molecule has 0 bridgehead atoms. The standard InChI is InChI=1S/C12H18N2O4S/c1-4-8(2)14-19(16,17)9-5-6-11(18-3)10(7-9)12(13)15/h5-8,14H,4H2,1-3H3,(H2,13,15). The van der Waals surface area contributed by atoms with E-state index < -0.39 is 15.9 Å². The van der Waals surface area contributed by atoms with Crippen LogP contribution in [0.5, 0.6) is 5.75 Å². The van der Waals surface area contributed by atoms with E-state index in [4.69, 9.17) is 10.5 Å². The van der Waals surface area contributed by atoms with Crippen LogP contribution < -0.4 is 15.2 Å². The van der Waals surface area contributed by atoms with Crippen LogP contribution in [0.25, 0.3) is 0 Å². The van der Waals surface area contributed by atoms with Gasteiger partial charge in [-0.1, -0.05) is 6.92 Å². The number of methoxy groups -OCH3 is 1. The molecular weight excluding hydrogens is 268 g/mol. The van der Waals surface area contributed by atoms with Crippen molar-refractivity contribution >= 4 is 15.9 Å². The molecule has 19 heavy (non-hydrogen) atoms. The third kappa shape index (κ3) is 3.68. The SMILES string of the molecule is CCC(C)NS(=O)(=O)c1ccc(OC)c(C(N)=O)c1. The summed E-state index contributed by atoms with van der Waals surface area (Å²) in [6.07, 6.45) is 0.665. The van der Waals surface area contributed by atoms with Crippen LogP contribution in [-0.2, 0) is 10.0 Å². The van der Waals surface area contributed by atoms with E-state index in [2.05, 4.69) is 4.72 Å². The van der Waals surface area contributed by atoms with E-state index in [1.807, 2.05) is 6.92 Å². The highest BCUT2D eigenvalue weighted by molar-refractivity contribution is 7.89. The van der Waals surface area contributed by atoms with E-state index in [0.717, 1.165) is 0 Å². The van der Waals surface area contributed by atoms with Crippen molar-refractivity contribution in [2.75, 3.05) is 7.11 Å². The molecule has 0 spiro atoms. The molecule has 1 aromatic rings. The minimum absolute atomic E-state index is 0.0117. The highest BCUT2D eigenvalue weighted by Crippen LogP contribution is 2.22. The fraction of sp³-hybridized carbons (Fsp3) is 0.417. The van der Waals surface area contributed by atoms with Crippen molar-refractivity contribution in [2.24, 2.45) is 5.73 Å². The molecule has 0 aliphatic heterocycles. The Kier molecular flexibility index (Phi) is 4.90. The van der Waals surface area contributed by atoms with Gasteiger partial charge in [0.1, 0.15) is 5.75 Å². The van der Waals surface area contributed by atoms with Crippen molar-refractivity contribution in [3.8, 4) is 5.75 Å². The Bertz CT molecular complexity index is 569. The summed E-state index contributed by atoms with van der Waals surface area (Å²) in [5, 5.41) is 0. The van der Waals surface area contributed by atoms with E-state index >= 15 is 0 Å². The Labute approximate surface area is 113 Å². The number of hydrogen-bond acceptors (Lipinski definition) is 4. The van der Waals surface area contributed by atoms with Gasteiger partial charge >= 0.3 is 0 Å². The minimum Gasteiger partial charge on any atom is -0.496 e. The lowest BCUT2D eigenvalue weighted by Crippen LogP contribution is -2.32. The van der Waals surface area contributed by atoms with Crippen LogP contribution in [0.1, 0.15) is 30.6 Å². The van der Waals surface area contributed by atoms with Crippen molar-refractivity contribution < 1.29 is 17.9 Å². The molecule has 0 heterocycles. The number of primary amides is 1. The molecule has 0 saturated heterocycles. The smallest absolute Gasteiger partial charge is 0.252 e. The highest BCUT2D eigenvalue weighted by atomic mass is 32.2. The van der Waals surface area contributed by atoms with Gasteiger partial charge in [-0.05, 0) is 31.5 Å². The van der Waals surface area contributed by atoms with Gasteiger partial charge < -0.3 is 10.5 Å². The monoisotopic (exact) mass is 286 g/mol. The lowest BCUT2D eigenvalue weighted by Gasteiger charge is -2.13. The van der Waals surface area contributed by atoms with Crippen LogP contribution in [0, 0.1) is 0 Å². The molecule has 0 aromatic heterocycles. The number of hydrogen-bond donors (Lipinski definition) is 2. The molecule has 0 saturated carbocycles. The van der Waals surface area contributed by atoms with E-state index in [9.17, 15) is 13.2 Å². The van der Waals surface area contributed by atoms with Gasteiger partial charge in [0.15, 0.2) is 0 Å². The molecule has 1 rings (SSSR count). The summed E-state index contributed by atoms with van der Waals surface area (Å²) in [6, 6.07) is 3.80. The summed E-state index contributed by atoms with van der Waals surface area (Å²) >= 11 is 0. The third-order valence-electron chi connectivity index (χ3n) is 2.72. The van der Waals surface area contributed by atoms with Gasteiger partial charge in [0, 0.05) is 6.04 Å². The molecule has 1 unspecified atom stereocenters. The van der Waals surface area contributed by atoms with Crippen LogP contribution in [0.2, 0.25) is 0 Å². The number of carbonyl (C=O) groups is 1. The largest absolute Gasteiger partial charge is 0.496 e. The Balaban J connectivity index is 3.22. The van der Waals surface area contributed by atoms with Gasteiger partial charge in [-0.3, -0.25) is 4.79 Å². The summed E-state index contributed by atoms with van der Waals surface area (Å²) in [6.45, 7) is 3.63. The highest BCUT2D eigenvalue weighted by Gasteiger charge is 2.19. The van der Waals surface area contributed by atoms with Crippen molar-refractivity contribution in [1.29, 1.82) is 0 Å². The number of nitrogens with one attached hydrogen (secondary N) is 1. The van der Waals surface area contributed by atoms with Crippen LogP contribution in [-0.4, -0.2) is 27.5 Å². The molecular formula is C12H18N2O4S. The molecule has 1 aromatic carbocycles. The number of nitrogens with two attached hydrogens (primary N) is 1. The summed E-state index contributed by atoms with van der Waals surface area (Å²) in [5.41, 5.74) is 5.23. The molecule has 1 atom stereocenters. The summed E-state index contributed by atoms with van der Waals surface area (Å²) < 4.78 is 31.6. The van der Waals surface area contributed by atoms with Crippen molar-refractivity contribution in [2.45, 2.75) is 31.2 Å². The Morgan fingerprint density at radius 2 is 2.11 bits per heavy atom. The zero-order valence-corrected chi connectivity index (χ0v) is 12.0. The van der Waals surface area contributed by atoms with Crippen molar-refractivity contribution in [1.82, 2.24) is 4.72 Å². The van der Waals surface area contributed by atoms with Gasteiger partial charge in [-0.15, -0.1) is 0 Å². The second kappa shape index (κ2) is 6.03. The van der Waals surface area contributed by atoms with Gasteiger partial charge in [0.05, 0.1) is 17.6 Å². The Hall–Kier alpha value is -1.60. The van der Waals surface area contributed by atoms with Crippen molar-refractivity contribution in [3.05, 3.63) is 23.8 Å². The Morgan fingerprint density at radius 3 is 2.58 bits per heavy atom. The molecule has 1 amide bonds. The topological polar surface area (TPSA) is 98.5 Å². The van der Waals surface area contributed by atoms with Crippen LogP contribution in [0.4, 0.5) is 0 Å². The van der Waals surface area contributed by atoms with E-state index in [0.29, 0.717) is 6.42 Å². The zero-order valence-electron chi connectivity index (χ0n) is 11.1. The Morgan fingerprint density at radius 1 is 1.47 bits per heavy atom. The number of benzene rings is 1. The zero-order chi connectivity index (χ0) is 14.6. The van der Waals surface area contributed by atoms with Gasteiger partial charge in [-0.2, -0.15) is 0 Å². The van der Waals surface area contributed by atoms with E-state index in [1.54, 1.807) is 6.92 Å². The van der Waals surface area contributed by atoms with Crippen molar-refractivity contribution in [3.63, 3.8) is 0 Å². The van der Waals surface area contributed by atoms with Gasteiger partial charge in [-0.25, -0.2) is 13.1 Å². The number of rotatable bonds is 6. The van der Waals surface area contributed by atoms with Crippen LogP contribution in [0.3, 0.4) is 0 Å². The fourth-order valence-corrected chi connectivity index (χ4v) is 2.82. The van der Waals surface area contributed by atoms with Crippen LogP contribution in [0.15, 0.2) is 23.1 Å². The number of amides is 1. The van der Waals surface area contributed by atoms with Gasteiger partial charge in [0.2, 0.25) is 10.0 Å².